The summed E-state index contributed by atoms with van der Waals surface area (Å²) in [6.07, 6.45) is 7.69. The van der Waals surface area contributed by atoms with Gasteiger partial charge in [-0.15, -0.1) is 0 Å². The maximum atomic E-state index is 13.2. The van der Waals surface area contributed by atoms with Crippen LogP contribution in [0.4, 0.5) is 0 Å². The van der Waals surface area contributed by atoms with Crippen LogP contribution in [0.2, 0.25) is 0 Å². The summed E-state index contributed by atoms with van der Waals surface area (Å²) in [4.78, 5) is 34.5. The molecule has 6 nitrogen and oxygen atoms in total. The topological polar surface area (TPSA) is 65.5 Å². The van der Waals surface area contributed by atoms with E-state index in [0.29, 0.717) is 32.0 Å². The molecule has 2 heterocycles. The molecule has 32 heavy (non-hydrogen) atoms. The fraction of sp³-hybridized carbons (Fsp3) is 0.500. The molecule has 1 aromatic carbocycles. The molecule has 0 radical (unpaired) electrons. The number of hydrogen-bond acceptors (Lipinski definition) is 4. The number of aromatic nitrogens is 1. The monoisotopic (exact) mass is 434 g/mol. The van der Waals surface area contributed by atoms with E-state index in [1.54, 1.807) is 6.20 Å². The predicted octanol–water partition coefficient (Wildman–Crippen LogP) is 3.03. The number of carbonyl (C=O) groups excluding carboxylic acids is 2. The van der Waals surface area contributed by atoms with E-state index >= 15 is 0 Å². The molecule has 1 aromatic heterocycles. The molecule has 1 atom stereocenters. The third-order valence-electron chi connectivity index (χ3n) is 6.82. The maximum absolute atomic E-state index is 13.2. The third-order valence-corrected chi connectivity index (χ3v) is 6.82. The van der Waals surface area contributed by atoms with Gasteiger partial charge in [0.05, 0.1) is 18.3 Å². The molecular formula is C26H34N4O2. The van der Waals surface area contributed by atoms with Gasteiger partial charge in [-0.2, -0.15) is 0 Å². The second kappa shape index (κ2) is 11.2. The van der Waals surface area contributed by atoms with Gasteiger partial charge < -0.3 is 10.2 Å². The highest BCUT2D eigenvalue weighted by atomic mass is 16.2. The van der Waals surface area contributed by atoms with Gasteiger partial charge in [-0.3, -0.25) is 19.5 Å². The molecule has 2 aromatic rings. The lowest BCUT2D eigenvalue weighted by molar-refractivity contribution is -0.135. The molecule has 1 saturated carbocycles. The molecule has 4 rings (SSSR count). The number of benzene rings is 1. The first-order valence-electron chi connectivity index (χ1n) is 11.9. The number of carbonyl (C=O) groups is 2. The average molecular weight is 435 g/mol. The fourth-order valence-corrected chi connectivity index (χ4v) is 5.04. The highest BCUT2D eigenvalue weighted by molar-refractivity contribution is 5.82. The zero-order chi connectivity index (χ0) is 22.2. The van der Waals surface area contributed by atoms with E-state index in [2.05, 4.69) is 27.3 Å². The van der Waals surface area contributed by atoms with Crippen LogP contribution in [0.3, 0.4) is 0 Å². The highest BCUT2D eigenvalue weighted by Crippen LogP contribution is 2.31. The van der Waals surface area contributed by atoms with Crippen molar-refractivity contribution in [1.82, 2.24) is 20.1 Å². The average Bonchev–Trinajstić information content (AvgIpc) is 3.37. The minimum Gasteiger partial charge on any atom is -0.349 e. The standard InChI is InChI=1S/C26H34N4O2/c31-24(14-13-21-8-2-1-3-9-21)29-16-18-30(19-17-29)25(22-10-4-5-11-22)26(32)28-20-23-12-6-7-15-27-23/h1-3,6-9,12,15,22,25H,4-5,10-11,13-14,16-20H2,(H,28,32). The summed E-state index contributed by atoms with van der Waals surface area (Å²) in [6.45, 7) is 3.38. The zero-order valence-corrected chi connectivity index (χ0v) is 18.8. The lowest BCUT2D eigenvalue weighted by Crippen LogP contribution is -2.57. The van der Waals surface area contributed by atoms with Gasteiger partial charge in [0.15, 0.2) is 0 Å². The minimum absolute atomic E-state index is 0.103. The molecule has 1 unspecified atom stereocenters. The number of aryl methyl sites for hydroxylation is 1. The van der Waals surface area contributed by atoms with Gasteiger partial charge in [-0.05, 0) is 42.9 Å². The van der Waals surface area contributed by atoms with Crippen LogP contribution >= 0.6 is 0 Å². The van der Waals surface area contributed by atoms with Crippen LogP contribution in [-0.4, -0.2) is 58.8 Å². The van der Waals surface area contributed by atoms with E-state index in [-0.39, 0.29) is 17.9 Å². The first-order chi connectivity index (χ1) is 15.7. The molecule has 2 fully saturated rings. The highest BCUT2D eigenvalue weighted by Gasteiger charge is 2.37. The van der Waals surface area contributed by atoms with Gasteiger partial charge in [0.25, 0.3) is 0 Å². The van der Waals surface area contributed by atoms with Crippen molar-refractivity contribution in [3.05, 3.63) is 66.0 Å². The molecule has 1 aliphatic heterocycles. The van der Waals surface area contributed by atoms with Crippen LogP contribution in [0.25, 0.3) is 0 Å². The summed E-state index contributed by atoms with van der Waals surface area (Å²) in [5, 5.41) is 3.12. The summed E-state index contributed by atoms with van der Waals surface area (Å²) in [5.41, 5.74) is 2.07. The van der Waals surface area contributed by atoms with Gasteiger partial charge in [0.1, 0.15) is 0 Å². The summed E-state index contributed by atoms with van der Waals surface area (Å²) >= 11 is 0. The molecule has 2 amide bonds. The molecule has 1 saturated heterocycles. The molecule has 1 aliphatic carbocycles. The van der Waals surface area contributed by atoms with Crippen molar-refractivity contribution in [3.63, 3.8) is 0 Å². The van der Waals surface area contributed by atoms with E-state index in [9.17, 15) is 9.59 Å². The summed E-state index contributed by atoms with van der Waals surface area (Å²) in [6, 6.07) is 15.8. The van der Waals surface area contributed by atoms with Crippen LogP contribution in [0.5, 0.6) is 0 Å². The van der Waals surface area contributed by atoms with Crippen LogP contribution < -0.4 is 5.32 Å². The minimum atomic E-state index is -0.109. The van der Waals surface area contributed by atoms with E-state index < -0.39 is 0 Å². The predicted molar refractivity (Wildman–Crippen MR) is 125 cm³/mol. The van der Waals surface area contributed by atoms with Gasteiger partial charge in [0, 0.05) is 38.8 Å². The Hall–Kier alpha value is -2.73. The SMILES string of the molecule is O=C(NCc1ccccn1)C(C1CCCC1)N1CCN(C(=O)CCc2ccccc2)CC1. The summed E-state index contributed by atoms with van der Waals surface area (Å²) in [7, 11) is 0. The Labute approximate surface area is 191 Å². The largest absolute Gasteiger partial charge is 0.349 e. The Balaban J connectivity index is 1.30. The quantitative estimate of drug-likeness (QED) is 0.694. The Kier molecular flexibility index (Phi) is 7.88. The Morgan fingerprint density at radius 3 is 2.38 bits per heavy atom. The molecule has 2 aliphatic rings. The van der Waals surface area contributed by atoms with Crippen LogP contribution in [0, 0.1) is 5.92 Å². The number of hydrogen-bond donors (Lipinski definition) is 1. The third kappa shape index (κ3) is 5.94. The molecule has 0 bridgehead atoms. The van der Waals surface area contributed by atoms with E-state index in [4.69, 9.17) is 0 Å². The van der Waals surface area contributed by atoms with Gasteiger partial charge in [-0.1, -0.05) is 49.2 Å². The van der Waals surface area contributed by atoms with Crippen LogP contribution in [0.1, 0.15) is 43.4 Å². The normalized spacial score (nSPS) is 18.4. The fourth-order valence-electron chi connectivity index (χ4n) is 5.04. The molecule has 6 heteroatoms. The number of nitrogens with one attached hydrogen (secondary N) is 1. The van der Waals surface area contributed by atoms with Crippen molar-refractivity contribution in [1.29, 1.82) is 0 Å². The number of amides is 2. The molecule has 1 N–H and O–H groups in total. The lowest BCUT2D eigenvalue weighted by Gasteiger charge is -2.40. The summed E-state index contributed by atoms with van der Waals surface area (Å²) in [5.74, 6) is 0.719. The number of piperazine rings is 1. The Bertz CT molecular complexity index is 860. The van der Waals surface area contributed by atoms with E-state index in [1.807, 2.05) is 41.3 Å². The van der Waals surface area contributed by atoms with Crippen LogP contribution in [0.15, 0.2) is 54.7 Å². The second-order valence-electron chi connectivity index (χ2n) is 8.93. The van der Waals surface area contributed by atoms with Crippen molar-refractivity contribution >= 4 is 11.8 Å². The first kappa shape index (κ1) is 22.5. The Morgan fingerprint density at radius 2 is 1.69 bits per heavy atom. The Morgan fingerprint density at radius 1 is 0.969 bits per heavy atom. The number of rotatable bonds is 8. The second-order valence-corrected chi connectivity index (χ2v) is 8.93. The number of pyridine rings is 1. The smallest absolute Gasteiger partial charge is 0.237 e. The van der Waals surface area contributed by atoms with Crippen molar-refractivity contribution in [2.75, 3.05) is 26.2 Å². The van der Waals surface area contributed by atoms with Gasteiger partial charge in [0.2, 0.25) is 11.8 Å². The molecule has 170 valence electrons. The molecule has 0 spiro atoms. The van der Waals surface area contributed by atoms with E-state index in [1.165, 1.54) is 18.4 Å². The first-order valence-corrected chi connectivity index (χ1v) is 11.9. The van der Waals surface area contributed by atoms with Gasteiger partial charge in [-0.25, -0.2) is 0 Å². The summed E-state index contributed by atoms with van der Waals surface area (Å²) < 4.78 is 0. The lowest BCUT2D eigenvalue weighted by atomic mass is 9.95. The van der Waals surface area contributed by atoms with Crippen molar-refractivity contribution in [2.45, 2.75) is 51.1 Å². The van der Waals surface area contributed by atoms with Crippen molar-refractivity contribution < 1.29 is 9.59 Å². The van der Waals surface area contributed by atoms with Crippen LogP contribution in [-0.2, 0) is 22.6 Å². The van der Waals surface area contributed by atoms with Crippen molar-refractivity contribution in [3.8, 4) is 0 Å². The maximum Gasteiger partial charge on any atom is 0.237 e. The van der Waals surface area contributed by atoms with Gasteiger partial charge >= 0.3 is 0 Å². The van der Waals surface area contributed by atoms with E-state index in [0.717, 1.165) is 38.0 Å². The zero-order valence-electron chi connectivity index (χ0n) is 18.8. The number of nitrogens with zero attached hydrogens (tertiary/aromatic N) is 3. The van der Waals surface area contributed by atoms with Crippen molar-refractivity contribution in [2.24, 2.45) is 5.92 Å². The molecular weight excluding hydrogens is 400 g/mol.